The lowest BCUT2D eigenvalue weighted by molar-refractivity contribution is -0.152. The van der Waals surface area contributed by atoms with Gasteiger partial charge in [-0.3, -0.25) is 9.69 Å². The number of hydrogen-bond donors (Lipinski definition) is 1. The zero-order valence-corrected chi connectivity index (χ0v) is 20.0. The topological polar surface area (TPSA) is 98.4 Å². The summed E-state index contributed by atoms with van der Waals surface area (Å²) < 4.78 is 6.80. The molecule has 2 N–H and O–H groups in total. The van der Waals surface area contributed by atoms with Crippen LogP contribution in [0, 0.1) is 6.92 Å². The first-order chi connectivity index (χ1) is 16.0. The lowest BCUT2D eigenvalue weighted by Crippen LogP contribution is -2.68. The number of hydrogen-bond acceptors (Lipinski definition) is 9. The van der Waals surface area contributed by atoms with E-state index in [1.54, 1.807) is 11.8 Å². The Morgan fingerprint density at radius 2 is 1.76 bits per heavy atom. The Hall–Kier alpha value is -2.66. The molecule has 0 spiro atoms. The summed E-state index contributed by atoms with van der Waals surface area (Å²) in [6, 6.07) is 18.5. The second-order valence-corrected chi connectivity index (χ2v) is 11.1. The van der Waals surface area contributed by atoms with Gasteiger partial charge in [-0.2, -0.15) is 0 Å². The Balaban J connectivity index is 1.51. The van der Waals surface area contributed by atoms with E-state index in [0.29, 0.717) is 10.1 Å². The van der Waals surface area contributed by atoms with E-state index < -0.39 is 18.1 Å². The fourth-order valence-corrected chi connectivity index (χ4v) is 7.13. The molecule has 168 valence electrons. The van der Waals surface area contributed by atoms with E-state index in [1.807, 2.05) is 67.6 Å². The number of nitrogens with zero attached hydrogens (tertiary/aromatic N) is 3. The zero-order chi connectivity index (χ0) is 22.9. The van der Waals surface area contributed by atoms with Crippen molar-refractivity contribution in [1.29, 1.82) is 0 Å². The third-order valence-electron chi connectivity index (χ3n) is 5.32. The Morgan fingerprint density at radius 3 is 2.33 bits per heavy atom. The molecule has 5 rings (SSSR count). The SMILES string of the molecule is Cc1nnc(SC2=C(C(=O)OC(c3ccccc3)c3ccccc3)N3C(=O)[C@@H](N)[C@@H]3SC2)s1. The molecular formula is C23H20N4O3S3. The molecule has 0 unspecified atom stereocenters. The molecule has 7 nitrogen and oxygen atoms in total. The van der Waals surface area contributed by atoms with Crippen LogP contribution in [0.4, 0.5) is 0 Å². The average Bonchev–Trinajstić information content (AvgIpc) is 3.27. The smallest absolute Gasteiger partial charge is 0.356 e. The molecule has 0 radical (unpaired) electrons. The number of benzene rings is 2. The van der Waals surface area contributed by atoms with Crippen LogP contribution in [0.15, 0.2) is 75.6 Å². The summed E-state index contributed by atoms with van der Waals surface area (Å²) in [5.74, 6) is -0.291. The Morgan fingerprint density at radius 1 is 1.12 bits per heavy atom. The van der Waals surface area contributed by atoms with Crippen LogP contribution in [0.5, 0.6) is 0 Å². The third-order valence-corrected chi connectivity index (χ3v) is 8.77. The number of carbonyl (C=O) groups is 2. The maximum Gasteiger partial charge on any atom is 0.356 e. The standard InChI is InChI=1S/C23H20N4O3S3/c1-13-25-26-23(32-13)33-16-12-31-21-17(24)20(28)27(21)18(16)22(29)30-19(14-8-4-2-5-9-14)15-10-6-3-7-11-15/h2-11,17,19,21H,12,24H2,1H3/t17-,21+/m1/s1. The van der Waals surface area contributed by atoms with Gasteiger partial charge in [0.05, 0.1) is 0 Å². The van der Waals surface area contributed by atoms with E-state index in [1.165, 1.54) is 28.0 Å². The molecule has 3 aromatic rings. The summed E-state index contributed by atoms with van der Waals surface area (Å²) >= 11 is 4.33. The van der Waals surface area contributed by atoms with Gasteiger partial charge in [0.15, 0.2) is 10.4 Å². The lowest BCUT2D eigenvalue weighted by Gasteiger charge is -2.48. The molecule has 2 aliphatic rings. The second-order valence-electron chi connectivity index (χ2n) is 7.50. The van der Waals surface area contributed by atoms with Crippen molar-refractivity contribution in [3.63, 3.8) is 0 Å². The van der Waals surface area contributed by atoms with E-state index in [2.05, 4.69) is 10.2 Å². The predicted molar refractivity (Wildman–Crippen MR) is 129 cm³/mol. The Labute approximate surface area is 203 Å². The summed E-state index contributed by atoms with van der Waals surface area (Å²) in [5.41, 5.74) is 7.95. The highest BCUT2D eigenvalue weighted by Gasteiger charge is 2.52. The third kappa shape index (κ3) is 4.31. The molecule has 0 aliphatic carbocycles. The highest BCUT2D eigenvalue weighted by molar-refractivity contribution is 8.07. The number of rotatable bonds is 6. The highest BCUT2D eigenvalue weighted by Crippen LogP contribution is 2.45. The van der Waals surface area contributed by atoms with Gasteiger partial charge in [-0.15, -0.1) is 22.0 Å². The van der Waals surface area contributed by atoms with Crippen LogP contribution in [-0.2, 0) is 14.3 Å². The number of amides is 1. The lowest BCUT2D eigenvalue weighted by atomic mass is 10.0. The van der Waals surface area contributed by atoms with Gasteiger partial charge < -0.3 is 10.5 Å². The van der Waals surface area contributed by atoms with Crippen LogP contribution in [0.2, 0.25) is 0 Å². The molecule has 10 heteroatoms. The minimum Gasteiger partial charge on any atom is -0.448 e. The van der Waals surface area contributed by atoms with Crippen molar-refractivity contribution in [2.45, 2.75) is 28.8 Å². The van der Waals surface area contributed by atoms with E-state index in [4.69, 9.17) is 10.5 Å². The molecule has 2 aromatic carbocycles. The second kappa shape index (κ2) is 9.30. The molecule has 1 saturated heterocycles. The number of aryl methyl sites for hydroxylation is 1. The summed E-state index contributed by atoms with van der Waals surface area (Å²) in [7, 11) is 0. The molecule has 1 amide bonds. The normalized spacial score (nSPS) is 20.0. The molecule has 3 heterocycles. The maximum atomic E-state index is 13.6. The quantitative estimate of drug-likeness (QED) is 0.407. The Kier molecular flexibility index (Phi) is 6.24. The molecule has 0 saturated carbocycles. The molecular weight excluding hydrogens is 476 g/mol. The van der Waals surface area contributed by atoms with Crippen LogP contribution < -0.4 is 5.73 Å². The molecule has 33 heavy (non-hydrogen) atoms. The first-order valence-corrected chi connectivity index (χ1v) is 12.9. The molecule has 2 aliphatic heterocycles. The van der Waals surface area contributed by atoms with E-state index in [0.717, 1.165) is 21.0 Å². The van der Waals surface area contributed by atoms with Crippen LogP contribution in [-0.4, -0.2) is 44.1 Å². The number of esters is 1. The summed E-state index contributed by atoms with van der Waals surface area (Å²) in [6.07, 6.45) is -0.611. The van der Waals surface area contributed by atoms with E-state index in [-0.39, 0.29) is 17.0 Å². The number of fused-ring (bicyclic) bond motifs is 1. The summed E-state index contributed by atoms with van der Waals surface area (Å²) in [6.45, 7) is 1.87. The minimum atomic E-state index is -0.618. The van der Waals surface area contributed by atoms with Crippen molar-refractivity contribution in [3.8, 4) is 0 Å². The van der Waals surface area contributed by atoms with E-state index in [9.17, 15) is 9.59 Å². The largest absolute Gasteiger partial charge is 0.448 e. The fraction of sp³-hybridized carbons (Fsp3) is 0.217. The van der Waals surface area contributed by atoms with Gasteiger partial charge in [0, 0.05) is 10.7 Å². The number of nitrogens with two attached hydrogens (primary N) is 1. The number of carbonyl (C=O) groups excluding carboxylic acids is 2. The van der Waals surface area contributed by atoms with Crippen LogP contribution in [0.3, 0.4) is 0 Å². The van der Waals surface area contributed by atoms with E-state index >= 15 is 0 Å². The predicted octanol–water partition coefficient (Wildman–Crippen LogP) is 3.73. The van der Waals surface area contributed by atoms with Crippen molar-refractivity contribution in [1.82, 2.24) is 15.1 Å². The van der Waals surface area contributed by atoms with Crippen molar-refractivity contribution in [2.75, 3.05) is 5.75 Å². The molecule has 1 aromatic heterocycles. The Bertz CT molecular complexity index is 1180. The number of β-lactam (4-membered cyclic amide) rings is 1. The zero-order valence-electron chi connectivity index (χ0n) is 17.6. The van der Waals surface area contributed by atoms with Crippen molar-refractivity contribution in [2.24, 2.45) is 5.73 Å². The molecule has 0 bridgehead atoms. The number of thioether (sulfide) groups is 2. The number of ether oxygens (including phenoxy) is 1. The van der Waals surface area contributed by atoms with Crippen molar-refractivity contribution < 1.29 is 14.3 Å². The first-order valence-electron chi connectivity index (χ1n) is 10.2. The van der Waals surface area contributed by atoms with Gasteiger partial charge in [0.2, 0.25) is 5.91 Å². The van der Waals surface area contributed by atoms with Gasteiger partial charge >= 0.3 is 5.97 Å². The average molecular weight is 497 g/mol. The fourth-order valence-electron chi connectivity index (χ4n) is 3.73. The van der Waals surface area contributed by atoms with Gasteiger partial charge in [-0.05, 0) is 18.1 Å². The maximum absolute atomic E-state index is 13.6. The minimum absolute atomic E-state index is 0.250. The first kappa shape index (κ1) is 22.1. The van der Waals surface area contributed by atoms with Crippen molar-refractivity contribution >= 4 is 46.7 Å². The highest BCUT2D eigenvalue weighted by atomic mass is 32.2. The molecule has 1 fully saturated rings. The van der Waals surface area contributed by atoms with Gasteiger partial charge in [0.1, 0.15) is 22.1 Å². The van der Waals surface area contributed by atoms with Gasteiger partial charge in [-0.25, -0.2) is 4.79 Å². The summed E-state index contributed by atoms with van der Waals surface area (Å²) in [4.78, 5) is 28.5. The van der Waals surface area contributed by atoms with Gasteiger partial charge in [-0.1, -0.05) is 83.8 Å². The number of aromatic nitrogens is 2. The summed E-state index contributed by atoms with van der Waals surface area (Å²) in [5, 5.41) is 8.78. The molecule has 2 atom stereocenters. The van der Waals surface area contributed by atoms with Crippen LogP contribution in [0.1, 0.15) is 22.2 Å². The van der Waals surface area contributed by atoms with Crippen LogP contribution >= 0.6 is 34.9 Å². The van der Waals surface area contributed by atoms with Crippen molar-refractivity contribution in [3.05, 3.63) is 87.4 Å². The van der Waals surface area contributed by atoms with Gasteiger partial charge in [0.25, 0.3) is 0 Å². The van der Waals surface area contributed by atoms with Crippen LogP contribution in [0.25, 0.3) is 0 Å². The monoisotopic (exact) mass is 496 g/mol.